The van der Waals surface area contributed by atoms with Crippen molar-refractivity contribution in [3.8, 4) is 5.75 Å². The average Bonchev–Trinajstić information content (AvgIpc) is 2.55. The Bertz CT molecular complexity index is 639. The summed E-state index contributed by atoms with van der Waals surface area (Å²) in [6.07, 6.45) is 1.96. The molecule has 2 aromatic rings. The standard InChI is InChI=1S/C19H20O3/c1-3-4-14-5-7-15(8-6-14)18(20)13-19(21)16-9-11-17(22-2)12-10-16/h5-12H,3-4,13H2,1-2H3. The third-order valence-corrected chi connectivity index (χ3v) is 3.55. The van der Waals surface area contributed by atoms with Crippen LogP contribution in [0.15, 0.2) is 48.5 Å². The highest BCUT2D eigenvalue weighted by atomic mass is 16.5. The average molecular weight is 296 g/mol. The fraction of sp³-hybridized carbons (Fsp3) is 0.263. The molecule has 114 valence electrons. The molecule has 0 spiro atoms. The minimum atomic E-state index is -0.176. The van der Waals surface area contributed by atoms with Crippen LogP contribution in [0.25, 0.3) is 0 Å². The third kappa shape index (κ3) is 4.04. The highest BCUT2D eigenvalue weighted by molar-refractivity contribution is 6.13. The normalized spacial score (nSPS) is 10.3. The fourth-order valence-corrected chi connectivity index (χ4v) is 2.27. The highest BCUT2D eigenvalue weighted by Crippen LogP contribution is 2.15. The summed E-state index contributed by atoms with van der Waals surface area (Å²) >= 11 is 0. The molecule has 0 saturated heterocycles. The Hall–Kier alpha value is -2.42. The first-order valence-corrected chi connectivity index (χ1v) is 7.43. The molecule has 0 bridgehead atoms. The fourth-order valence-electron chi connectivity index (χ4n) is 2.27. The maximum atomic E-state index is 12.2. The van der Waals surface area contributed by atoms with Gasteiger partial charge in [-0.15, -0.1) is 0 Å². The van der Waals surface area contributed by atoms with E-state index in [1.54, 1.807) is 43.5 Å². The molecule has 0 amide bonds. The van der Waals surface area contributed by atoms with E-state index in [4.69, 9.17) is 4.74 Å². The van der Waals surface area contributed by atoms with E-state index in [0.717, 1.165) is 12.8 Å². The van der Waals surface area contributed by atoms with Gasteiger partial charge in [0.15, 0.2) is 11.6 Å². The van der Waals surface area contributed by atoms with Crippen molar-refractivity contribution in [3.05, 3.63) is 65.2 Å². The van der Waals surface area contributed by atoms with Gasteiger partial charge in [0.25, 0.3) is 0 Å². The first kappa shape index (κ1) is 16.0. The van der Waals surface area contributed by atoms with Gasteiger partial charge >= 0.3 is 0 Å². The lowest BCUT2D eigenvalue weighted by Crippen LogP contribution is -2.08. The Kier molecular flexibility index (Phi) is 5.48. The highest BCUT2D eigenvalue weighted by Gasteiger charge is 2.13. The van der Waals surface area contributed by atoms with Crippen LogP contribution in [0.5, 0.6) is 5.75 Å². The van der Waals surface area contributed by atoms with Gasteiger partial charge < -0.3 is 4.74 Å². The van der Waals surface area contributed by atoms with Crippen molar-refractivity contribution < 1.29 is 14.3 Å². The molecule has 3 nitrogen and oxygen atoms in total. The number of Topliss-reactive ketones (excluding diaryl/α,β-unsaturated/α-hetero) is 2. The van der Waals surface area contributed by atoms with Crippen LogP contribution in [-0.4, -0.2) is 18.7 Å². The van der Waals surface area contributed by atoms with Crippen LogP contribution in [0, 0.1) is 0 Å². The van der Waals surface area contributed by atoms with Gasteiger partial charge in [-0.25, -0.2) is 0 Å². The Morgan fingerprint density at radius 3 is 1.82 bits per heavy atom. The number of carbonyl (C=O) groups is 2. The summed E-state index contributed by atoms with van der Waals surface area (Å²) in [4.78, 5) is 24.3. The van der Waals surface area contributed by atoms with Crippen LogP contribution in [0.4, 0.5) is 0 Å². The predicted molar refractivity (Wildman–Crippen MR) is 86.7 cm³/mol. The molecule has 2 rings (SSSR count). The number of hydrogen-bond donors (Lipinski definition) is 0. The number of benzene rings is 2. The van der Waals surface area contributed by atoms with Crippen LogP contribution in [-0.2, 0) is 6.42 Å². The van der Waals surface area contributed by atoms with Crippen molar-refractivity contribution in [2.75, 3.05) is 7.11 Å². The van der Waals surface area contributed by atoms with Crippen molar-refractivity contribution in [1.82, 2.24) is 0 Å². The van der Waals surface area contributed by atoms with Crippen molar-refractivity contribution in [2.45, 2.75) is 26.2 Å². The molecule has 0 unspecified atom stereocenters. The van der Waals surface area contributed by atoms with Crippen molar-refractivity contribution in [1.29, 1.82) is 0 Å². The van der Waals surface area contributed by atoms with Crippen LogP contribution < -0.4 is 4.74 Å². The number of carbonyl (C=O) groups excluding carboxylic acids is 2. The molecular weight excluding hydrogens is 276 g/mol. The number of hydrogen-bond acceptors (Lipinski definition) is 3. The smallest absolute Gasteiger partial charge is 0.170 e. The summed E-state index contributed by atoms with van der Waals surface area (Å²) in [5.41, 5.74) is 2.32. The molecule has 0 saturated carbocycles. The number of ether oxygens (including phenoxy) is 1. The molecule has 0 fully saturated rings. The van der Waals surface area contributed by atoms with Crippen molar-refractivity contribution >= 4 is 11.6 Å². The monoisotopic (exact) mass is 296 g/mol. The second-order valence-electron chi connectivity index (χ2n) is 5.20. The molecule has 22 heavy (non-hydrogen) atoms. The number of methoxy groups -OCH3 is 1. The lowest BCUT2D eigenvalue weighted by atomic mass is 10.00. The molecule has 2 aromatic carbocycles. The predicted octanol–water partition coefficient (Wildman–Crippen LogP) is 4.10. The Balaban J connectivity index is 2.02. The summed E-state index contributed by atoms with van der Waals surface area (Å²) in [5.74, 6) is 0.364. The molecule has 0 heterocycles. The van der Waals surface area contributed by atoms with Gasteiger partial charge in [-0.3, -0.25) is 9.59 Å². The number of ketones is 2. The summed E-state index contributed by atoms with van der Waals surface area (Å²) in [6, 6.07) is 14.3. The van der Waals surface area contributed by atoms with E-state index in [1.807, 2.05) is 12.1 Å². The minimum Gasteiger partial charge on any atom is -0.497 e. The van der Waals surface area contributed by atoms with Gasteiger partial charge in [0.1, 0.15) is 5.75 Å². The van der Waals surface area contributed by atoms with Gasteiger partial charge in [0.05, 0.1) is 13.5 Å². The maximum Gasteiger partial charge on any atom is 0.170 e. The molecule has 0 radical (unpaired) electrons. The second-order valence-corrected chi connectivity index (χ2v) is 5.20. The first-order valence-electron chi connectivity index (χ1n) is 7.43. The van der Waals surface area contributed by atoms with Crippen LogP contribution in [0.2, 0.25) is 0 Å². The summed E-state index contributed by atoms with van der Waals surface area (Å²) in [6.45, 7) is 2.12. The van der Waals surface area contributed by atoms with E-state index in [0.29, 0.717) is 16.9 Å². The topological polar surface area (TPSA) is 43.4 Å². The van der Waals surface area contributed by atoms with Gasteiger partial charge in [0, 0.05) is 11.1 Å². The Morgan fingerprint density at radius 1 is 0.864 bits per heavy atom. The van der Waals surface area contributed by atoms with Crippen molar-refractivity contribution in [2.24, 2.45) is 0 Å². The lowest BCUT2D eigenvalue weighted by Gasteiger charge is -2.04. The Labute approximate surface area is 130 Å². The van der Waals surface area contributed by atoms with Gasteiger partial charge in [-0.05, 0) is 36.2 Å². The SMILES string of the molecule is CCCc1ccc(C(=O)CC(=O)c2ccc(OC)cc2)cc1. The van der Waals surface area contributed by atoms with Crippen molar-refractivity contribution in [3.63, 3.8) is 0 Å². The molecule has 0 aromatic heterocycles. The molecular formula is C19H20O3. The van der Waals surface area contributed by atoms with Crippen LogP contribution in [0.3, 0.4) is 0 Å². The van der Waals surface area contributed by atoms with E-state index in [2.05, 4.69) is 6.92 Å². The zero-order chi connectivity index (χ0) is 15.9. The molecule has 0 atom stereocenters. The quantitative estimate of drug-likeness (QED) is 0.570. The first-order chi connectivity index (χ1) is 10.6. The number of aryl methyl sites for hydroxylation is 1. The molecule has 0 aliphatic heterocycles. The Morgan fingerprint density at radius 2 is 1.36 bits per heavy atom. The van der Waals surface area contributed by atoms with E-state index in [1.165, 1.54) is 5.56 Å². The van der Waals surface area contributed by atoms with E-state index < -0.39 is 0 Å². The molecule has 0 aliphatic rings. The van der Waals surface area contributed by atoms with E-state index >= 15 is 0 Å². The van der Waals surface area contributed by atoms with Crippen LogP contribution in [0.1, 0.15) is 46.0 Å². The van der Waals surface area contributed by atoms with Gasteiger partial charge in [0.2, 0.25) is 0 Å². The molecule has 3 heteroatoms. The minimum absolute atomic E-state index is 0.112. The largest absolute Gasteiger partial charge is 0.497 e. The van der Waals surface area contributed by atoms with E-state index in [9.17, 15) is 9.59 Å². The molecule has 0 N–H and O–H groups in total. The summed E-state index contributed by atoms with van der Waals surface area (Å²) < 4.78 is 5.05. The van der Waals surface area contributed by atoms with E-state index in [-0.39, 0.29) is 18.0 Å². The number of rotatable bonds is 7. The summed E-state index contributed by atoms with van der Waals surface area (Å²) in [5, 5.41) is 0. The third-order valence-electron chi connectivity index (χ3n) is 3.55. The maximum absolute atomic E-state index is 12.2. The lowest BCUT2D eigenvalue weighted by molar-refractivity contribution is 0.0894. The zero-order valence-corrected chi connectivity index (χ0v) is 13.0. The van der Waals surface area contributed by atoms with Crippen LogP contribution >= 0.6 is 0 Å². The van der Waals surface area contributed by atoms with Gasteiger partial charge in [-0.1, -0.05) is 37.6 Å². The summed E-state index contributed by atoms with van der Waals surface area (Å²) in [7, 11) is 1.57. The molecule has 0 aliphatic carbocycles. The zero-order valence-electron chi connectivity index (χ0n) is 13.0. The second kappa shape index (κ2) is 7.55. The van der Waals surface area contributed by atoms with Gasteiger partial charge in [-0.2, -0.15) is 0 Å².